The highest BCUT2D eigenvalue weighted by Crippen LogP contribution is 2.20. The molecule has 1 aliphatic heterocycles. The molecule has 94 valence electrons. The van der Waals surface area contributed by atoms with Gasteiger partial charge in [-0.1, -0.05) is 20.8 Å². The quantitative estimate of drug-likeness (QED) is 0.792. The zero-order valence-corrected chi connectivity index (χ0v) is 11.1. The molecule has 1 aliphatic rings. The molecule has 16 heavy (non-hydrogen) atoms. The van der Waals surface area contributed by atoms with E-state index in [0.29, 0.717) is 11.8 Å². The van der Waals surface area contributed by atoms with Gasteiger partial charge in [0.05, 0.1) is 0 Å². The lowest BCUT2D eigenvalue weighted by Crippen LogP contribution is -2.43. The summed E-state index contributed by atoms with van der Waals surface area (Å²) < 4.78 is 0. The van der Waals surface area contributed by atoms with Crippen molar-refractivity contribution in [2.75, 3.05) is 26.7 Å². The maximum absolute atomic E-state index is 12.1. The fourth-order valence-electron chi connectivity index (χ4n) is 2.22. The van der Waals surface area contributed by atoms with Crippen molar-refractivity contribution in [3.63, 3.8) is 0 Å². The van der Waals surface area contributed by atoms with E-state index in [1.54, 1.807) is 0 Å². The summed E-state index contributed by atoms with van der Waals surface area (Å²) in [7, 11) is 2.00. The summed E-state index contributed by atoms with van der Waals surface area (Å²) in [5, 5.41) is 3.22. The first-order valence-electron chi connectivity index (χ1n) is 6.49. The van der Waals surface area contributed by atoms with Crippen LogP contribution in [-0.2, 0) is 4.79 Å². The van der Waals surface area contributed by atoms with Crippen molar-refractivity contribution in [2.45, 2.75) is 33.6 Å². The van der Waals surface area contributed by atoms with Crippen molar-refractivity contribution < 1.29 is 4.79 Å². The van der Waals surface area contributed by atoms with Gasteiger partial charge in [0.1, 0.15) is 0 Å². The molecule has 1 rings (SSSR count). The number of hydrogen-bond donors (Lipinski definition) is 1. The van der Waals surface area contributed by atoms with E-state index in [1.165, 1.54) is 0 Å². The summed E-state index contributed by atoms with van der Waals surface area (Å²) in [4.78, 5) is 14.2. The predicted molar refractivity (Wildman–Crippen MR) is 67.2 cm³/mol. The lowest BCUT2D eigenvalue weighted by atomic mass is 9.93. The minimum Gasteiger partial charge on any atom is -0.342 e. The molecule has 1 amide bonds. The Hall–Kier alpha value is -0.570. The molecule has 1 saturated heterocycles. The van der Waals surface area contributed by atoms with Crippen LogP contribution in [0.2, 0.25) is 0 Å². The molecule has 0 aromatic rings. The number of piperidine rings is 1. The summed E-state index contributed by atoms with van der Waals surface area (Å²) in [6.45, 7) is 9.27. The second kappa shape index (κ2) is 6.24. The Bertz CT molecular complexity index is 220. The fourth-order valence-corrected chi connectivity index (χ4v) is 2.22. The Balaban J connectivity index is 2.38. The summed E-state index contributed by atoms with van der Waals surface area (Å²) in [6.07, 6.45) is 2.30. The third-order valence-corrected chi connectivity index (χ3v) is 3.81. The van der Waals surface area contributed by atoms with Crippen LogP contribution in [0.3, 0.4) is 0 Å². The van der Waals surface area contributed by atoms with E-state index in [-0.39, 0.29) is 5.92 Å². The summed E-state index contributed by atoms with van der Waals surface area (Å²) in [6, 6.07) is 0. The van der Waals surface area contributed by atoms with Gasteiger partial charge in [0.2, 0.25) is 5.91 Å². The number of likely N-dealkylation sites (tertiary alicyclic amines) is 1. The molecule has 0 bridgehead atoms. The molecular formula is C13H26N2O. The first kappa shape index (κ1) is 13.5. The topological polar surface area (TPSA) is 32.3 Å². The monoisotopic (exact) mass is 226 g/mol. The first-order valence-corrected chi connectivity index (χ1v) is 6.49. The van der Waals surface area contributed by atoms with Gasteiger partial charge in [0.15, 0.2) is 0 Å². The number of hydrogen-bond acceptors (Lipinski definition) is 2. The van der Waals surface area contributed by atoms with Gasteiger partial charge in [0.25, 0.3) is 0 Å². The van der Waals surface area contributed by atoms with Crippen LogP contribution in [0.1, 0.15) is 33.6 Å². The van der Waals surface area contributed by atoms with Crippen molar-refractivity contribution in [3.05, 3.63) is 0 Å². The van der Waals surface area contributed by atoms with Crippen molar-refractivity contribution >= 4 is 5.91 Å². The zero-order chi connectivity index (χ0) is 12.1. The first-order chi connectivity index (χ1) is 7.56. The van der Waals surface area contributed by atoms with E-state index in [2.05, 4.69) is 24.1 Å². The van der Waals surface area contributed by atoms with Gasteiger partial charge in [-0.3, -0.25) is 4.79 Å². The molecular weight excluding hydrogens is 200 g/mol. The van der Waals surface area contributed by atoms with Crippen LogP contribution in [0.4, 0.5) is 0 Å². The standard InChI is InChI=1S/C13H26N2O/c1-10(2)11(3)13(16)15-7-5-12(6-8-15)9-14-4/h10-12,14H,5-9H2,1-4H3. The van der Waals surface area contributed by atoms with E-state index in [1.807, 2.05) is 14.0 Å². The molecule has 1 N–H and O–H groups in total. The molecule has 1 heterocycles. The van der Waals surface area contributed by atoms with Gasteiger partial charge in [0, 0.05) is 19.0 Å². The normalized spacial score (nSPS) is 20.2. The van der Waals surface area contributed by atoms with E-state index in [9.17, 15) is 4.79 Å². The lowest BCUT2D eigenvalue weighted by molar-refractivity contribution is -0.137. The zero-order valence-electron chi connectivity index (χ0n) is 11.1. The largest absolute Gasteiger partial charge is 0.342 e. The average Bonchev–Trinajstić information content (AvgIpc) is 2.28. The molecule has 0 spiro atoms. The molecule has 3 heteroatoms. The van der Waals surface area contributed by atoms with Crippen molar-refractivity contribution in [3.8, 4) is 0 Å². The highest BCUT2D eigenvalue weighted by molar-refractivity contribution is 5.78. The van der Waals surface area contributed by atoms with Crippen molar-refractivity contribution in [1.82, 2.24) is 10.2 Å². The highest BCUT2D eigenvalue weighted by Gasteiger charge is 2.26. The third-order valence-electron chi connectivity index (χ3n) is 3.81. The molecule has 1 atom stereocenters. The number of nitrogens with zero attached hydrogens (tertiary/aromatic N) is 1. The predicted octanol–water partition coefficient (Wildman–Crippen LogP) is 1.74. The Morgan fingerprint density at radius 3 is 2.31 bits per heavy atom. The van der Waals surface area contributed by atoms with E-state index >= 15 is 0 Å². The maximum atomic E-state index is 12.1. The fraction of sp³-hybridized carbons (Fsp3) is 0.923. The van der Waals surface area contributed by atoms with Gasteiger partial charge in [-0.2, -0.15) is 0 Å². The van der Waals surface area contributed by atoms with Gasteiger partial charge >= 0.3 is 0 Å². The Morgan fingerprint density at radius 2 is 1.88 bits per heavy atom. The average molecular weight is 226 g/mol. The van der Waals surface area contributed by atoms with Gasteiger partial charge in [-0.15, -0.1) is 0 Å². The van der Waals surface area contributed by atoms with Gasteiger partial charge < -0.3 is 10.2 Å². The van der Waals surface area contributed by atoms with Crippen molar-refractivity contribution in [1.29, 1.82) is 0 Å². The molecule has 3 nitrogen and oxygen atoms in total. The summed E-state index contributed by atoms with van der Waals surface area (Å²) in [5.41, 5.74) is 0. The van der Waals surface area contributed by atoms with Crippen LogP contribution in [0.5, 0.6) is 0 Å². The lowest BCUT2D eigenvalue weighted by Gasteiger charge is -2.34. The van der Waals surface area contributed by atoms with Crippen LogP contribution in [0.25, 0.3) is 0 Å². The Kier molecular flexibility index (Phi) is 5.26. The number of carbonyl (C=O) groups excluding carboxylic acids is 1. The second-order valence-corrected chi connectivity index (χ2v) is 5.36. The SMILES string of the molecule is CNCC1CCN(C(=O)C(C)C(C)C)CC1. The summed E-state index contributed by atoms with van der Waals surface area (Å²) in [5.74, 6) is 1.71. The molecule has 1 unspecified atom stereocenters. The van der Waals surface area contributed by atoms with Gasteiger partial charge in [-0.05, 0) is 38.3 Å². The van der Waals surface area contributed by atoms with Crippen LogP contribution in [0.15, 0.2) is 0 Å². The van der Waals surface area contributed by atoms with E-state index in [0.717, 1.165) is 38.4 Å². The minimum absolute atomic E-state index is 0.167. The highest BCUT2D eigenvalue weighted by atomic mass is 16.2. The number of amides is 1. The molecule has 0 saturated carbocycles. The number of carbonyl (C=O) groups is 1. The van der Waals surface area contributed by atoms with Crippen LogP contribution in [0, 0.1) is 17.8 Å². The number of nitrogens with one attached hydrogen (secondary N) is 1. The Morgan fingerprint density at radius 1 is 1.31 bits per heavy atom. The van der Waals surface area contributed by atoms with Crippen LogP contribution >= 0.6 is 0 Å². The van der Waals surface area contributed by atoms with E-state index < -0.39 is 0 Å². The molecule has 1 fully saturated rings. The minimum atomic E-state index is 0.167. The molecule has 0 aromatic heterocycles. The third kappa shape index (κ3) is 3.48. The smallest absolute Gasteiger partial charge is 0.225 e. The van der Waals surface area contributed by atoms with E-state index in [4.69, 9.17) is 0 Å². The molecule has 0 aliphatic carbocycles. The van der Waals surface area contributed by atoms with Gasteiger partial charge in [-0.25, -0.2) is 0 Å². The Labute approximate surface area is 99.6 Å². The van der Waals surface area contributed by atoms with Crippen LogP contribution in [-0.4, -0.2) is 37.5 Å². The summed E-state index contributed by atoms with van der Waals surface area (Å²) >= 11 is 0. The van der Waals surface area contributed by atoms with Crippen molar-refractivity contribution in [2.24, 2.45) is 17.8 Å². The molecule has 0 radical (unpaired) electrons. The number of rotatable bonds is 4. The second-order valence-electron chi connectivity index (χ2n) is 5.36. The maximum Gasteiger partial charge on any atom is 0.225 e. The molecule has 0 aromatic carbocycles. The van der Waals surface area contributed by atoms with Crippen LogP contribution < -0.4 is 5.32 Å².